The minimum Gasteiger partial charge on any atom is -0.385 e. The maximum Gasteiger partial charge on any atom is 0.150 e. The number of carbonyl (C=O) groups excluding carboxylic acids is 1. The SMILES string of the molecule is CCCCCCCCC=CCCCCCCCCNc1cccc(C=O)c1. The predicted octanol–water partition coefficient (Wildman–Crippen LogP) is 7.95. The molecular weight excluding hydrogens is 330 g/mol. The topological polar surface area (TPSA) is 29.1 Å². The summed E-state index contributed by atoms with van der Waals surface area (Å²) in [6.07, 6.45) is 24.4. The van der Waals surface area contributed by atoms with E-state index in [0.29, 0.717) is 0 Å². The Morgan fingerprint density at radius 3 is 2.00 bits per heavy atom. The molecule has 1 aromatic rings. The van der Waals surface area contributed by atoms with Crippen molar-refractivity contribution in [2.45, 2.75) is 96.8 Å². The average Bonchev–Trinajstić information content (AvgIpc) is 2.70. The first-order valence-electron chi connectivity index (χ1n) is 11.3. The third kappa shape index (κ3) is 14.2. The van der Waals surface area contributed by atoms with Gasteiger partial charge in [0.2, 0.25) is 0 Å². The van der Waals surface area contributed by atoms with Gasteiger partial charge < -0.3 is 5.32 Å². The zero-order valence-corrected chi connectivity index (χ0v) is 17.6. The number of benzene rings is 1. The number of aldehydes is 1. The molecule has 0 heterocycles. The summed E-state index contributed by atoms with van der Waals surface area (Å²) in [5.74, 6) is 0. The number of rotatable bonds is 18. The van der Waals surface area contributed by atoms with Crippen LogP contribution in [-0.2, 0) is 0 Å². The number of hydrogen-bond acceptors (Lipinski definition) is 2. The molecule has 0 amide bonds. The molecule has 2 heteroatoms. The fourth-order valence-electron chi connectivity index (χ4n) is 3.33. The summed E-state index contributed by atoms with van der Waals surface area (Å²) in [5.41, 5.74) is 1.79. The van der Waals surface area contributed by atoms with Crippen LogP contribution in [0.25, 0.3) is 0 Å². The van der Waals surface area contributed by atoms with Gasteiger partial charge in [-0.2, -0.15) is 0 Å². The maximum absolute atomic E-state index is 10.8. The van der Waals surface area contributed by atoms with Gasteiger partial charge in [0.05, 0.1) is 0 Å². The first-order chi connectivity index (χ1) is 13.4. The molecule has 0 aliphatic rings. The van der Waals surface area contributed by atoms with Crippen LogP contribution in [0.2, 0.25) is 0 Å². The van der Waals surface area contributed by atoms with E-state index >= 15 is 0 Å². The van der Waals surface area contributed by atoms with Crippen LogP contribution in [0.3, 0.4) is 0 Å². The Kier molecular flexibility index (Phi) is 15.5. The third-order valence-electron chi connectivity index (χ3n) is 5.04. The zero-order chi connectivity index (χ0) is 19.4. The summed E-state index contributed by atoms with van der Waals surface area (Å²) in [6.45, 7) is 3.27. The van der Waals surface area contributed by atoms with E-state index in [9.17, 15) is 4.79 Å². The van der Waals surface area contributed by atoms with Crippen LogP contribution in [0.15, 0.2) is 36.4 Å². The number of anilines is 1. The Bertz CT molecular complexity index is 495. The second-order valence-corrected chi connectivity index (χ2v) is 7.61. The Hall–Kier alpha value is -1.57. The predicted molar refractivity (Wildman–Crippen MR) is 120 cm³/mol. The van der Waals surface area contributed by atoms with E-state index in [0.717, 1.165) is 24.1 Å². The van der Waals surface area contributed by atoms with Crippen LogP contribution in [-0.4, -0.2) is 12.8 Å². The van der Waals surface area contributed by atoms with Crippen LogP contribution in [0.4, 0.5) is 5.69 Å². The van der Waals surface area contributed by atoms with Crippen molar-refractivity contribution < 1.29 is 4.79 Å². The van der Waals surface area contributed by atoms with E-state index in [1.54, 1.807) is 0 Å². The normalized spacial score (nSPS) is 11.1. The monoisotopic (exact) mass is 371 g/mol. The number of carbonyl (C=O) groups is 1. The third-order valence-corrected chi connectivity index (χ3v) is 5.04. The van der Waals surface area contributed by atoms with Gasteiger partial charge in [-0.25, -0.2) is 0 Å². The summed E-state index contributed by atoms with van der Waals surface area (Å²) in [5, 5.41) is 3.40. The first-order valence-corrected chi connectivity index (χ1v) is 11.3. The van der Waals surface area contributed by atoms with Gasteiger partial charge in [-0.05, 0) is 44.2 Å². The molecule has 0 spiro atoms. The lowest BCUT2D eigenvalue weighted by atomic mass is 10.1. The zero-order valence-electron chi connectivity index (χ0n) is 17.6. The molecule has 0 unspecified atom stereocenters. The second kappa shape index (κ2) is 17.8. The summed E-state index contributed by atoms with van der Waals surface area (Å²) in [7, 11) is 0. The van der Waals surface area contributed by atoms with Crippen molar-refractivity contribution in [2.24, 2.45) is 0 Å². The minimum absolute atomic E-state index is 0.737. The molecule has 152 valence electrons. The van der Waals surface area contributed by atoms with Crippen LogP contribution < -0.4 is 5.32 Å². The molecule has 0 aliphatic carbocycles. The molecule has 1 aromatic carbocycles. The lowest BCUT2D eigenvalue weighted by Crippen LogP contribution is -2.01. The number of unbranched alkanes of at least 4 members (excludes halogenated alkanes) is 12. The standard InChI is InChI=1S/C25H41NO/c1-2-3-4-5-6-7-8-9-10-11-12-13-14-15-16-17-21-26-25-20-18-19-24(22-25)23-27/h9-10,18-20,22-23,26H,2-8,11-17,21H2,1H3. The molecule has 0 saturated heterocycles. The lowest BCUT2D eigenvalue weighted by Gasteiger charge is -2.06. The Labute approximate surface area is 167 Å². The molecule has 0 saturated carbocycles. The van der Waals surface area contributed by atoms with E-state index in [1.807, 2.05) is 24.3 Å². The van der Waals surface area contributed by atoms with E-state index in [2.05, 4.69) is 24.4 Å². The molecular formula is C25H41NO. The second-order valence-electron chi connectivity index (χ2n) is 7.61. The summed E-state index contributed by atoms with van der Waals surface area (Å²) in [4.78, 5) is 10.8. The maximum atomic E-state index is 10.8. The number of nitrogens with one attached hydrogen (secondary N) is 1. The van der Waals surface area contributed by atoms with Gasteiger partial charge >= 0.3 is 0 Å². The summed E-state index contributed by atoms with van der Waals surface area (Å²) in [6, 6.07) is 7.69. The van der Waals surface area contributed by atoms with Gasteiger partial charge in [0.25, 0.3) is 0 Å². The fourth-order valence-corrected chi connectivity index (χ4v) is 3.33. The fraction of sp³-hybridized carbons (Fsp3) is 0.640. The van der Waals surface area contributed by atoms with Crippen LogP contribution in [0, 0.1) is 0 Å². The smallest absolute Gasteiger partial charge is 0.150 e. The van der Waals surface area contributed by atoms with Crippen molar-refractivity contribution in [1.82, 2.24) is 0 Å². The van der Waals surface area contributed by atoms with Crippen LogP contribution >= 0.6 is 0 Å². The lowest BCUT2D eigenvalue weighted by molar-refractivity contribution is 0.112. The Balaban J connectivity index is 1.82. The quantitative estimate of drug-likeness (QED) is 0.161. The molecule has 0 radical (unpaired) electrons. The van der Waals surface area contributed by atoms with E-state index in [1.165, 1.54) is 89.9 Å². The largest absolute Gasteiger partial charge is 0.385 e. The summed E-state index contributed by atoms with van der Waals surface area (Å²) < 4.78 is 0. The minimum atomic E-state index is 0.737. The van der Waals surface area contributed by atoms with Crippen molar-refractivity contribution in [1.29, 1.82) is 0 Å². The van der Waals surface area contributed by atoms with Crippen molar-refractivity contribution in [3.8, 4) is 0 Å². The van der Waals surface area contributed by atoms with Crippen molar-refractivity contribution in [2.75, 3.05) is 11.9 Å². The van der Waals surface area contributed by atoms with Crippen molar-refractivity contribution in [3.63, 3.8) is 0 Å². The van der Waals surface area contributed by atoms with E-state index in [4.69, 9.17) is 0 Å². The van der Waals surface area contributed by atoms with Crippen molar-refractivity contribution in [3.05, 3.63) is 42.0 Å². The van der Waals surface area contributed by atoms with Gasteiger partial charge in [0.1, 0.15) is 6.29 Å². The van der Waals surface area contributed by atoms with Crippen LogP contribution in [0.1, 0.15) is 107 Å². The molecule has 0 fully saturated rings. The van der Waals surface area contributed by atoms with Crippen molar-refractivity contribution >= 4 is 12.0 Å². The van der Waals surface area contributed by atoms with Gasteiger partial charge in [0, 0.05) is 17.8 Å². The van der Waals surface area contributed by atoms with E-state index in [-0.39, 0.29) is 0 Å². The van der Waals surface area contributed by atoms with E-state index < -0.39 is 0 Å². The number of allylic oxidation sites excluding steroid dienone is 2. The molecule has 0 aliphatic heterocycles. The molecule has 2 nitrogen and oxygen atoms in total. The molecule has 0 atom stereocenters. The highest BCUT2D eigenvalue weighted by atomic mass is 16.1. The first kappa shape index (κ1) is 23.5. The Morgan fingerprint density at radius 2 is 1.37 bits per heavy atom. The average molecular weight is 372 g/mol. The highest BCUT2D eigenvalue weighted by molar-refractivity contribution is 5.76. The summed E-state index contributed by atoms with van der Waals surface area (Å²) >= 11 is 0. The number of hydrogen-bond donors (Lipinski definition) is 1. The van der Waals surface area contributed by atoms with Gasteiger partial charge in [-0.15, -0.1) is 0 Å². The molecule has 27 heavy (non-hydrogen) atoms. The molecule has 0 aromatic heterocycles. The van der Waals surface area contributed by atoms with Gasteiger partial charge in [0.15, 0.2) is 0 Å². The molecule has 0 bridgehead atoms. The highest BCUT2D eigenvalue weighted by Gasteiger charge is 1.95. The van der Waals surface area contributed by atoms with Crippen LogP contribution in [0.5, 0.6) is 0 Å². The Morgan fingerprint density at radius 1 is 0.778 bits per heavy atom. The molecule has 1 N–H and O–H groups in total. The highest BCUT2D eigenvalue weighted by Crippen LogP contribution is 2.12. The van der Waals surface area contributed by atoms with Gasteiger partial charge in [-0.3, -0.25) is 4.79 Å². The van der Waals surface area contributed by atoms with Gasteiger partial charge in [-0.1, -0.05) is 89.0 Å². The molecule has 1 rings (SSSR count).